The van der Waals surface area contributed by atoms with Crippen molar-refractivity contribution in [3.05, 3.63) is 27.8 Å². The Kier molecular flexibility index (Phi) is 4.78. The molecule has 3 rings (SSSR count). The van der Waals surface area contributed by atoms with Gasteiger partial charge in [-0.05, 0) is 18.9 Å². The van der Waals surface area contributed by atoms with Gasteiger partial charge in [-0.15, -0.1) is 0 Å². The molecule has 2 N–H and O–H groups in total. The van der Waals surface area contributed by atoms with Crippen molar-refractivity contribution in [3.8, 4) is 11.5 Å². The van der Waals surface area contributed by atoms with Gasteiger partial charge in [-0.2, -0.15) is 5.10 Å². The lowest BCUT2D eigenvalue weighted by atomic mass is 9.96. The molecule has 9 heteroatoms. The number of urea groups is 1. The number of amides is 2. The zero-order valence-corrected chi connectivity index (χ0v) is 13.0. The van der Waals surface area contributed by atoms with Crippen LogP contribution in [0.2, 0.25) is 0 Å². The Hall–Kier alpha value is -2.84. The summed E-state index contributed by atoms with van der Waals surface area (Å²) in [6.07, 6.45) is 6.57. The highest BCUT2D eigenvalue weighted by atomic mass is 16.7. The molecule has 1 aliphatic heterocycles. The van der Waals surface area contributed by atoms with Gasteiger partial charge in [0.15, 0.2) is 11.5 Å². The number of nitrogens with zero attached hydrogens (tertiary/aromatic N) is 2. The summed E-state index contributed by atoms with van der Waals surface area (Å²) in [7, 11) is 0. The van der Waals surface area contributed by atoms with Gasteiger partial charge in [0.2, 0.25) is 6.79 Å². The normalized spacial score (nSPS) is 17.0. The Morgan fingerprint density at radius 3 is 2.67 bits per heavy atom. The highest BCUT2D eigenvalue weighted by molar-refractivity contribution is 5.88. The molecular formula is C15H18N4O5. The summed E-state index contributed by atoms with van der Waals surface area (Å²) in [5, 5.41) is 17.8. The lowest BCUT2D eigenvalue weighted by Gasteiger charge is -2.22. The number of fused-ring (bicyclic) bond motifs is 1. The van der Waals surface area contributed by atoms with Crippen molar-refractivity contribution < 1.29 is 19.2 Å². The van der Waals surface area contributed by atoms with Crippen LogP contribution < -0.4 is 20.2 Å². The quantitative estimate of drug-likeness (QED) is 0.498. The monoisotopic (exact) mass is 334 g/mol. The fourth-order valence-electron chi connectivity index (χ4n) is 2.83. The van der Waals surface area contributed by atoms with Crippen molar-refractivity contribution in [1.29, 1.82) is 0 Å². The summed E-state index contributed by atoms with van der Waals surface area (Å²) in [5.74, 6) is 0.732. The predicted octanol–water partition coefficient (Wildman–Crippen LogP) is 2.29. The van der Waals surface area contributed by atoms with Gasteiger partial charge in [0, 0.05) is 6.04 Å². The Bertz CT molecular complexity index is 670. The van der Waals surface area contributed by atoms with E-state index in [1.165, 1.54) is 24.8 Å². The summed E-state index contributed by atoms with van der Waals surface area (Å²) in [4.78, 5) is 22.4. The molecular weight excluding hydrogens is 316 g/mol. The van der Waals surface area contributed by atoms with Gasteiger partial charge < -0.3 is 14.8 Å². The molecule has 1 fully saturated rings. The first-order valence-corrected chi connectivity index (χ1v) is 7.81. The third kappa shape index (κ3) is 3.73. The zero-order chi connectivity index (χ0) is 16.9. The second-order valence-electron chi connectivity index (χ2n) is 5.70. The molecule has 0 unspecified atom stereocenters. The molecule has 0 saturated heterocycles. The van der Waals surface area contributed by atoms with Crippen LogP contribution in [-0.2, 0) is 0 Å². The van der Waals surface area contributed by atoms with Crippen LogP contribution in [0.1, 0.15) is 37.7 Å². The molecule has 1 aromatic carbocycles. The number of ether oxygens (including phenoxy) is 2. The molecule has 2 aliphatic rings. The first-order valence-electron chi connectivity index (χ1n) is 7.81. The zero-order valence-electron chi connectivity index (χ0n) is 13.0. The standard InChI is InChI=1S/C15H18N4O5/c20-15(17-11-4-2-1-3-5-11)18-16-8-10-6-13-14(24-9-23-13)7-12(10)19(21)22/h6-8,11H,1-5,9H2,(H2,17,18,20). The minimum absolute atomic E-state index is 0.0229. The molecule has 0 aromatic heterocycles. The van der Waals surface area contributed by atoms with Crippen molar-refractivity contribution in [1.82, 2.24) is 10.7 Å². The number of carbonyl (C=O) groups excluding carboxylic acids is 1. The van der Waals surface area contributed by atoms with E-state index in [2.05, 4.69) is 15.8 Å². The van der Waals surface area contributed by atoms with Gasteiger partial charge in [0.1, 0.15) is 0 Å². The summed E-state index contributed by atoms with van der Waals surface area (Å²) in [6.45, 7) is 0.0229. The lowest BCUT2D eigenvalue weighted by molar-refractivity contribution is -0.385. The molecule has 1 aliphatic carbocycles. The number of rotatable bonds is 4. The van der Waals surface area contributed by atoms with E-state index in [1.807, 2.05) is 0 Å². The number of nitro groups is 1. The Labute approximate surface area is 138 Å². The number of hydrogen-bond acceptors (Lipinski definition) is 6. The Morgan fingerprint density at radius 1 is 1.25 bits per heavy atom. The minimum atomic E-state index is -0.536. The second kappa shape index (κ2) is 7.16. The number of hydrogen-bond donors (Lipinski definition) is 2. The summed E-state index contributed by atoms with van der Waals surface area (Å²) in [5.41, 5.74) is 2.39. The number of nitrogens with one attached hydrogen (secondary N) is 2. The summed E-state index contributed by atoms with van der Waals surface area (Å²) >= 11 is 0. The number of benzene rings is 1. The maximum Gasteiger partial charge on any atom is 0.335 e. The molecule has 0 spiro atoms. The van der Waals surface area contributed by atoms with E-state index in [9.17, 15) is 14.9 Å². The topological polar surface area (TPSA) is 115 Å². The molecule has 128 valence electrons. The summed E-state index contributed by atoms with van der Waals surface area (Å²) < 4.78 is 10.3. The summed E-state index contributed by atoms with van der Waals surface area (Å²) in [6, 6.07) is 2.49. The SMILES string of the molecule is O=C(NN=Cc1cc2c(cc1[N+](=O)[O-])OCO2)NC1CCCCC1. The lowest BCUT2D eigenvalue weighted by Crippen LogP contribution is -2.41. The van der Waals surface area contributed by atoms with Gasteiger partial charge in [-0.1, -0.05) is 19.3 Å². The van der Waals surface area contributed by atoms with Gasteiger partial charge >= 0.3 is 6.03 Å². The van der Waals surface area contributed by atoms with E-state index in [0.717, 1.165) is 25.7 Å². The van der Waals surface area contributed by atoms with Crippen LogP contribution in [0.25, 0.3) is 0 Å². The maximum absolute atomic E-state index is 11.8. The molecule has 1 saturated carbocycles. The third-order valence-corrected chi connectivity index (χ3v) is 4.03. The highest BCUT2D eigenvalue weighted by Crippen LogP contribution is 2.37. The van der Waals surface area contributed by atoms with Crippen LogP contribution in [0.4, 0.5) is 10.5 Å². The predicted molar refractivity (Wildman–Crippen MR) is 85.4 cm³/mol. The molecule has 1 aromatic rings. The average molecular weight is 334 g/mol. The van der Waals surface area contributed by atoms with Crippen LogP contribution in [0, 0.1) is 10.1 Å². The molecule has 0 bridgehead atoms. The fourth-order valence-corrected chi connectivity index (χ4v) is 2.83. The van der Waals surface area contributed by atoms with Crippen molar-refractivity contribution in [2.75, 3.05) is 6.79 Å². The minimum Gasteiger partial charge on any atom is -0.454 e. The van der Waals surface area contributed by atoms with Crippen LogP contribution in [0.15, 0.2) is 17.2 Å². The van der Waals surface area contributed by atoms with Crippen LogP contribution >= 0.6 is 0 Å². The number of carbonyl (C=O) groups is 1. The Balaban J connectivity index is 1.63. The Morgan fingerprint density at radius 2 is 1.96 bits per heavy atom. The highest BCUT2D eigenvalue weighted by Gasteiger charge is 2.22. The van der Waals surface area contributed by atoms with E-state index in [4.69, 9.17) is 9.47 Å². The van der Waals surface area contributed by atoms with Gasteiger partial charge in [0.25, 0.3) is 5.69 Å². The van der Waals surface area contributed by atoms with Crippen LogP contribution in [0.3, 0.4) is 0 Å². The van der Waals surface area contributed by atoms with Crippen molar-refractivity contribution in [2.45, 2.75) is 38.1 Å². The van der Waals surface area contributed by atoms with Crippen LogP contribution in [-0.4, -0.2) is 30.0 Å². The van der Waals surface area contributed by atoms with Gasteiger partial charge in [-0.3, -0.25) is 10.1 Å². The van der Waals surface area contributed by atoms with Gasteiger partial charge in [-0.25, -0.2) is 10.2 Å². The number of hydrazone groups is 1. The first kappa shape index (κ1) is 16.0. The van der Waals surface area contributed by atoms with E-state index in [0.29, 0.717) is 11.5 Å². The molecule has 2 amide bonds. The molecule has 24 heavy (non-hydrogen) atoms. The fraction of sp³-hybridized carbons (Fsp3) is 0.467. The van der Waals surface area contributed by atoms with Crippen molar-refractivity contribution in [2.24, 2.45) is 5.10 Å². The smallest absolute Gasteiger partial charge is 0.335 e. The van der Waals surface area contributed by atoms with Crippen molar-refractivity contribution >= 4 is 17.9 Å². The van der Waals surface area contributed by atoms with Crippen LogP contribution in [0.5, 0.6) is 11.5 Å². The molecule has 1 heterocycles. The largest absolute Gasteiger partial charge is 0.454 e. The molecule has 0 atom stereocenters. The maximum atomic E-state index is 11.8. The first-order chi connectivity index (χ1) is 11.6. The third-order valence-electron chi connectivity index (χ3n) is 4.03. The van der Waals surface area contributed by atoms with E-state index < -0.39 is 11.0 Å². The van der Waals surface area contributed by atoms with E-state index in [-0.39, 0.29) is 24.1 Å². The molecule has 9 nitrogen and oxygen atoms in total. The number of nitro benzene ring substituents is 1. The van der Waals surface area contributed by atoms with E-state index >= 15 is 0 Å². The van der Waals surface area contributed by atoms with E-state index in [1.54, 1.807) is 0 Å². The average Bonchev–Trinajstić information content (AvgIpc) is 3.02. The molecule has 0 radical (unpaired) electrons. The van der Waals surface area contributed by atoms with Crippen molar-refractivity contribution in [3.63, 3.8) is 0 Å². The second-order valence-corrected chi connectivity index (χ2v) is 5.70. The van der Waals surface area contributed by atoms with Gasteiger partial charge in [0.05, 0.1) is 22.8 Å².